The predicted octanol–water partition coefficient (Wildman–Crippen LogP) is 5.15. The van der Waals surface area contributed by atoms with Crippen LogP contribution in [0.25, 0.3) is 11.3 Å². The van der Waals surface area contributed by atoms with Crippen LogP contribution in [-0.2, 0) is 4.74 Å². The van der Waals surface area contributed by atoms with Gasteiger partial charge in [-0.15, -0.1) is 0 Å². The average molecular weight is 440 g/mol. The van der Waals surface area contributed by atoms with Crippen LogP contribution in [-0.4, -0.2) is 31.2 Å². The van der Waals surface area contributed by atoms with E-state index < -0.39 is 0 Å². The predicted molar refractivity (Wildman–Crippen MR) is 120 cm³/mol. The number of nitrogens with one attached hydrogen (secondary N) is 3. The van der Waals surface area contributed by atoms with E-state index in [-0.39, 0.29) is 23.8 Å². The summed E-state index contributed by atoms with van der Waals surface area (Å²) in [7, 11) is 0. The first-order chi connectivity index (χ1) is 15.1. The van der Waals surface area contributed by atoms with Crippen molar-refractivity contribution >= 4 is 34.9 Å². The van der Waals surface area contributed by atoms with Crippen LogP contribution in [0.1, 0.15) is 23.4 Å². The van der Waals surface area contributed by atoms with Crippen LogP contribution in [0.5, 0.6) is 0 Å². The Labute approximate surface area is 184 Å². The minimum atomic E-state index is -0.381. The number of amides is 3. The van der Waals surface area contributed by atoms with Crippen molar-refractivity contribution in [3.8, 4) is 11.3 Å². The summed E-state index contributed by atoms with van der Waals surface area (Å²) in [5.74, 6) is 0.309. The smallest absolute Gasteiger partial charge is 0.319 e. The molecule has 4 rings (SSSR count). The molecule has 2 aromatic carbocycles. The van der Waals surface area contributed by atoms with Gasteiger partial charge in [-0.3, -0.25) is 4.79 Å². The molecule has 0 spiro atoms. The van der Waals surface area contributed by atoms with Gasteiger partial charge in [-0.1, -0.05) is 23.7 Å². The highest BCUT2D eigenvalue weighted by atomic mass is 35.5. The van der Waals surface area contributed by atoms with Crippen LogP contribution in [0, 0.1) is 0 Å². The molecule has 8 heteroatoms. The Hall–Kier alpha value is -3.29. The number of halogens is 1. The van der Waals surface area contributed by atoms with Gasteiger partial charge in [0.1, 0.15) is 5.76 Å². The van der Waals surface area contributed by atoms with E-state index >= 15 is 0 Å². The molecule has 1 saturated heterocycles. The number of furan rings is 1. The molecule has 1 unspecified atom stereocenters. The van der Waals surface area contributed by atoms with Gasteiger partial charge in [0.2, 0.25) is 0 Å². The van der Waals surface area contributed by atoms with Crippen LogP contribution in [0.2, 0.25) is 5.02 Å². The number of carbonyl (C=O) groups excluding carboxylic acids is 2. The summed E-state index contributed by atoms with van der Waals surface area (Å²) in [6.45, 7) is 1.24. The minimum Gasteiger partial charge on any atom is -0.451 e. The molecule has 3 N–H and O–H groups in total. The normalized spacial score (nSPS) is 15.5. The summed E-state index contributed by atoms with van der Waals surface area (Å²) in [5.41, 5.74) is 1.91. The number of carbonyl (C=O) groups is 2. The van der Waals surface area contributed by atoms with Crippen molar-refractivity contribution in [3.63, 3.8) is 0 Å². The van der Waals surface area contributed by atoms with E-state index in [0.717, 1.165) is 25.0 Å². The number of hydrogen-bond acceptors (Lipinski definition) is 4. The summed E-state index contributed by atoms with van der Waals surface area (Å²) in [6, 6.07) is 17.1. The molecule has 0 bridgehead atoms. The van der Waals surface area contributed by atoms with Crippen LogP contribution < -0.4 is 16.0 Å². The number of rotatable bonds is 6. The Balaban J connectivity index is 1.31. The quantitative estimate of drug-likeness (QED) is 0.495. The standard InChI is InChI=1S/C23H22ClN3O4/c24-19-6-2-1-5-18(19)20-11-12-21(31-20)22(28)26-15-7-9-16(10-8-15)27-23(29)25-14-17-4-3-13-30-17/h1-2,5-12,17H,3-4,13-14H2,(H,26,28)(H2,25,27,29). The zero-order valence-electron chi connectivity index (χ0n) is 16.7. The summed E-state index contributed by atoms with van der Waals surface area (Å²) in [5, 5.41) is 8.87. The number of ether oxygens (including phenoxy) is 1. The molecular weight excluding hydrogens is 418 g/mol. The highest BCUT2D eigenvalue weighted by Crippen LogP contribution is 2.29. The molecule has 0 saturated carbocycles. The number of benzene rings is 2. The summed E-state index contributed by atoms with van der Waals surface area (Å²) >= 11 is 6.18. The minimum absolute atomic E-state index is 0.0865. The maximum Gasteiger partial charge on any atom is 0.319 e. The Morgan fingerprint density at radius 3 is 2.42 bits per heavy atom. The fourth-order valence-electron chi connectivity index (χ4n) is 3.28. The van der Waals surface area contributed by atoms with E-state index in [9.17, 15) is 9.59 Å². The molecule has 1 aromatic heterocycles. The van der Waals surface area contributed by atoms with Crippen molar-refractivity contribution in [2.24, 2.45) is 0 Å². The fourth-order valence-corrected chi connectivity index (χ4v) is 3.51. The van der Waals surface area contributed by atoms with Gasteiger partial charge in [0, 0.05) is 30.1 Å². The van der Waals surface area contributed by atoms with Crippen molar-refractivity contribution in [1.29, 1.82) is 0 Å². The van der Waals surface area contributed by atoms with E-state index in [2.05, 4.69) is 16.0 Å². The first-order valence-electron chi connectivity index (χ1n) is 10.0. The van der Waals surface area contributed by atoms with E-state index in [1.165, 1.54) is 0 Å². The first-order valence-corrected chi connectivity index (χ1v) is 10.4. The zero-order chi connectivity index (χ0) is 21.6. The van der Waals surface area contributed by atoms with Crippen LogP contribution in [0.4, 0.5) is 16.2 Å². The van der Waals surface area contributed by atoms with Gasteiger partial charge < -0.3 is 25.1 Å². The van der Waals surface area contributed by atoms with Crippen LogP contribution in [0.3, 0.4) is 0 Å². The summed E-state index contributed by atoms with van der Waals surface area (Å²) in [4.78, 5) is 24.5. The molecule has 0 aliphatic carbocycles. The molecule has 3 amide bonds. The monoisotopic (exact) mass is 439 g/mol. The Morgan fingerprint density at radius 1 is 0.968 bits per heavy atom. The van der Waals surface area contributed by atoms with E-state index in [4.69, 9.17) is 20.8 Å². The molecule has 31 heavy (non-hydrogen) atoms. The van der Waals surface area contributed by atoms with Gasteiger partial charge in [0.15, 0.2) is 5.76 Å². The van der Waals surface area contributed by atoms with Crippen molar-refractivity contribution < 1.29 is 18.7 Å². The van der Waals surface area contributed by atoms with Crippen LogP contribution >= 0.6 is 11.6 Å². The van der Waals surface area contributed by atoms with E-state index in [1.807, 2.05) is 18.2 Å². The summed E-state index contributed by atoms with van der Waals surface area (Å²) < 4.78 is 11.1. The number of hydrogen-bond donors (Lipinski definition) is 3. The topological polar surface area (TPSA) is 92.6 Å². The molecule has 1 aliphatic heterocycles. The van der Waals surface area contributed by atoms with Gasteiger partial charge in [-0.05, 0) is 61.4 Å². The molecular formula is C23H22ClN3O4. The summed E-state index contributed by atoms with van der Waals surface area (Å²) in [6.07, 6.45) is 2.08. The van der Waals surface area contributed by atoms with Gasteiger partial charge in [0.05, 0.1) is 11.1 Å². The first kappa shape index (κ1) is 21.0. The van der Waals surface area contributed by atoms with E-state index in [1.54, 1.807) is 42.5 Å². The largest absolute Gasteiger partial charge is 0.451 e. The highest BCUT2D eigenvalue weighted by molar-refractivity contribution is 6.33. The molecule has 0 radical (unpaired) electrons. The van der Waals surface area contributed by atoms with Crippen molar-refractivity contribution in [2.45, 2.75) is 18.9 Å². The van der Waals surface area contributed by atoms with E-state index in [0.29, 0.717) is 28.7 Å². The molecule has 3 aromatic rings. The van der Waals surface area contributed by atoms with Crippen molar-refractivity contribution in [2.75, 3.05) is 23.8 Å². The van der Waals surface area contributed by atoms with Gasteiger partial charge >= 0.3 is 6.03 Å². The van der Waals surface area contributed by atoms with Gasteiger partial charge in [-0.2, -0.15) is 0 Å². The number of anilines is 2. The molecule has 160 valence electrons. The van der Waals surface area contributed by atoms with Gasteiger partial charge in [-0.25, -0.2) is 4.79 Å². The second-order valence-electron chi connectivity index (χ2n) is 7.15. The maximum absolute atomic E-state index is 12.5. The third-order valence-corrected chi connectivity index (χ3v) is 5.21. The SMILES string of the molecule is O=C(NCC1CCCO1)Nc1ccc(NC(=O)c2ccc(-c3ccccc3Cl)o2)cc1. The van der Waals surface area contributed by atoms with Crippen molar-refractivity contribution in [1.82, 2.24) is 5.32 Å². The lowest BCUT2D eigenvalue weighted by Crippen LogP contribution is -2.35. The number of urea groups is 1. The second-order valence-corrected chi connectivity index (χ2v) is 7.55. The van der Waals surface area contributed by atoms with Crippen LogP contribution in [0.15, 0.2) is 65.1 Å². The molecule has 1 aliphatic rings. The lowest BCUT2D eigenvalue weighted by molar-refractivity contribution is 0.0997. The maximum atomic E-state index is 12.5. The Bertz CT molecular complexity index is 1060. The average Bonchev–Trinajstić information content (AvgIpc) is 3.46. The zero-order valence-corrected chi connectivity index (χ0v) is 17.4. The lowest BCUT2D eigenvalue weighted by atomic mass is 10.2. The second kappa shape index (κ2) is 9.68. The van der Waals surface area contributed by atoms with Crippen molar-refractivity contribution in [3.05, 3.63) is 71.4 Å². The third-order valence-electron chi connectivity index (χ3n) is 4.88. The molecule has 1 fully saturated rings. The molecule has 7 nitrogen and oxygen atoms in total. The fraction of sp³-hybridized carbons (Fsp3) is 0.217. The Kier molecular flexibility index (Phi) is 6.54. The molecule has 1 atom stereocenters. The Morgan fingerprint density at radius 2 is 1.71 bits per heavy atom. The third kappa shape index (κ3) is 5.45. The van der Waals surface area contributed by atoms with Gasteiger partial charge in [0.25, 0.3) is 5.91 Å². The highest BCUT2D eigenvalue weighted by Gasteiger charge is 2.16. The molecule has 2 heterocycles. The lowest BCUT2D eigenvalue weighted by Gasteiger charge is -2.12.